The summed E-state index contributed by atoms with van der Waals surface area (Å²) in [5.41, 5.74) is 3.10. The number of ether oxygens (including phenoxy) is 1. The van der Waals surface area contributed by atoms with Crippen LogP contribution in [0, 0.1) is 6.92 Å². The van der Waals surface area contributed by atoms with E-state index in [-0.39, 0.29) is 11.2 Å². The van der Waals surface area contributed by atoms with Gasteiger partial charge in [-0.1, -0.05) is 42.1 Å². The van der Waals surface area contributed by atoms with E-state index >= 15 is 0 Å². The van der Waals surface area contributed by atoms with Crippen LogP contribution in [0.4, 0.5) is 11.4 Å². The number of thioether (sulfide) groups is 1. The highest BCUT2D eigenvalue weighted by molar-refractivity contribution is 8.00. The number of carbonyl (C=O) groups excluding carboxylic acids is 1. The number of thiophene rings is 1. The lowest BCUT2D eigenvalue weighted by Gasteiger charge is -2.28. The molecule has 2 aromatic carbocycles. The summed E-state index contributed by atoms with van der Waals surface area (Å²) in [7, 11) is 0. The van der Waals surface area contributed by atoms with E-state index in [0.717, 1.165) is 63.4 Å². The van der Waals surface area contributed by atoms with Gasteiger partial charge in [-0.05, 0) is 49.7 Å². The van der Waals surface area contributed by atoms with Gasteiger partial charge in [0.15, 0.2) is 0 Å². The molecule has 1 aliphatic heterocycles. The molecule has 1 N–H and O–H groups in total. The molecule has 0 saturated carbocycles. The molecule has 34 heavy (non-hydrogen) atoms. The fourth-order valence-electron chi connectivity index (χ4n) is 3.87. The van der Waals surface area contributed by atoms with Crippen LogP contribution in [0.25, 0.3) is 20.7 Å². The molecule has 8 heteroatoms. The number of benzene rings is 2. The standard InChI is InChI=1S/C26H26N4O2S2/c1-17(24(31)29-20-8-10-21(11-9-20)30-12-14-32-15-13-30)33-25-22-16-23(19-6-4-3-5-7-19)34-26(22)28-18(2)27-25/h3-11,16-17H,12-15H2,1-2H3,(H,29,31). The maximum absolute atomic E-state index is 13.0. The Labute approximate surface area is 207 Å². The molecule has 0 bridgehead atoms. The molecule has 5 rings (SSSR count). The zero-order valence-electron chi connectivity index (χ0n) is 19.2. The predicted molar refractivity (Wildman–Crippen MR) is 141 cm³/mol. The minimum Gasteiger partial charge on any atom is -0.378 e. The molecule has 2 aromatic heterocycles. The largest absolute Gasteiger partial charge is 0.378 e. The van der Waals surface area contributed by atoms with Crippen LogP contribution in [-0.4, -0.2) is 47.4 Å². The van der Waals surface area contributed by atoms with E-state index < -0.39 is 0 Å². The van der Waals surface area contributed by atoms with E-state index in [4.69, 9.17) is 4.74 Å². The van der Waals surface area contributed by atoms with Gasteiger partial charge in [0.05, 0.1) is 18.5 Å². The Kier molecular flexibility index (Phi) is 6.80. The van der Waals surface area contributed by atoms with Crippen LogP contribution in [-0.2, 0) is 9.53 Å². The average molecular weight is 491 g/mol. The van der Waals surface area contributed by atoms with Crippen molar-refractivity contribution in [3.8, 4) is 10.4 Å². The maximum atomic E-state index is 13.0. The summed E-state index contributed by atoms with van der Waals surface area (Å²) in [5.74, 6) is 0.662. The number of anilines is 2. The number of nitrogens with one attached hydrogen (secondary N) is 1. The topological polar surface area (TPSA) is 67.4 Å². The summed E-state index contributed by atoms with van der Waals surface area (Å²) in [6.07, 6.45) is 0. The lowest BCUT2D eigenvalue weighted by atomic mass is 10.2. The van der Waals surface area contributed by atoms with E-state index in [1.807, 2.05) is 56.3 Å². The third-order valence-corrected chi connectivity index (χ3v) is 7.88. The van der Waals surface area contributed by atoms with Crippen LogP contribution >= 0.6 is 23.1 Å². The minimum absolute atomic E-state index is 0.0490. The summed E-state index contributed by atoms with van der Waals surface area (Å²) in [4.78, 5) is 26.6. The van der Waals surface area contributed by atoms with Crippen molar-refractivity contribution in [1.29, 1.82) is 0 Å². The van der Waals surface area contributed by atoms with Gasteiger partial charge >= 0.3 is 0 Å². The number of fused-ring (bicyclic) bond motifs is 1. The Morgan fingerprint density at radius 2 is 1.82 bits per heavy atom. The third-order valence-electron chi connectivity index (χ3n) is 5.70. The fraction of sp³-hybridized carbons (Fsp3) is 0.269. The number of amides is 1. The van der Waals surface area contributed by atoms with Crippen LogP contribution in [0.1, 0.15) is 12.7 Å². The molecule has 0 radical (unpaired) electrons. The molecule has 6 nitrogen and oxygen atoms in total. The lowest BCUT2D eigenvalue weighted by Crippen LogP contribution is -2.36. The summed E-state index contributed by atoms with van der Waals surface area (Å²) in [6, 6.07) is 20.4. The molecule has 1 fully saturated rings. The first-order valence-electron chi connectivity index (χ1n) is 11.3. The van der Waals surface area contributed by atoms with Gasteiger partial charge in [-0.2, -0.15) is 0 Å². The monoisotopic (exact) mass is 490 g/mol. The van der Waals surface area contributed by atoms with Crippen molar-refractivity contribution in [2.24, 2.45) is 0 Å². The van der Waals surface area contributed by atoms with Crippen molar-refractivity contribution >= 4 is 50.6 Å². The van der Waals surface area contributed by atoms with Crippen molar-refractivity contribution in [2.45, 2.75) is 24.1 Å². The zero-order valence-corrected chi connectivity index (χ0v) is 20.8. The molecule has 1 saturated heterocycles. The number of nitrogens with zero attached hydrogens (tertiary/aromatic N) is 3. The molecule has 1 atom stereocenters. The summed E-state index contributed by atoms with van der Waals surface area (Å²) < 4.78 is 5.42. The molecule has 3 heterocycles. The Balaban J connectivity index is 1.29. The Hall–Kier alpha value is -2.94. The van der Waals surface area contributed by atoms with Crippen LogP contribution in [0.5, 0.6) is 0 Å². The fourth-order valence-corrected chi connectivity index (χ4v) is 5.99. The summed E-state index contributed by atoms with van der Waals surface area (Å²) in [5, 5.41) is 4.57. The first-order valence-corrected chi connectivity index (χ1v) is 13.0. The molecule has 0 spiro atoms. The van der Waals surface area contributed by atoms with Crippen molar-refractivity contribution in [1.82, 2.24) is 9.97 Å². The van der Waals surface area contributed by atoms with Gasteiger partial charge in [0.25, 0.3) is 0 Å². The summed E-state index contributed by atoms with van der Waals surface area (Å²) in [6.45, 7) is 7.09. The second-order valence-electron chi connectivity index (χ2n) is 8.17. The van der Waals surface area contributed by atoms with E-state index in [9.17, 15) is 4.79 Å². The molecule has 0 aliphatic carbocycles. The van der Waals surface area contributed by atoms with Crippen LogP contribution in [0.15, 0.2) is 65.7 Å². The first kappa shape index (κ1) is 22.8. The molecule has 174 valence electrons. The molecular weight excluding hydrogens is 464 g/mol. The van der Waals surface area contributed by atoms with E-state index in [1.54, 1.807) is 11.3 Å². The Bertz CT molecular complexity index is 1290. The van der Waals surface area contributed by atoms with Crippen LogP contribution in [0.3, 0.4) is 0 Å². The second-order valence-corrected chi connectivity index (χ2v) is 10.5. The molecule has 1 amide bonds. The molecule has 1 aliphatic rings. The van der Waals surface area contributed by atoms with Gasteiger partial charge in [-0.15, -0.1) is 11.3 Å². The SMILES string of the molecule is Cc1nc(SC(C)C(=O)Nc2ccc(N3CCOCC3)cc2)c2cc(-c3ccccc3)sc2n1. The average Bonchev–Trinajstić information content (AvgIpc) is 3.30. The smallest absolute Gasteiger partial charge is 0.237 e. The minimum atomic E-state index is -0.309. The number of hydrogen-bond acceptors (Lipinski definition) is 7. The quantitative estimate of drug-likeness (QED) is 0.279. The maximum Gasteiger partial charge on any atom is 0.237 e. The van der Waals surface area contributed by atoms with Gasteiger partial charge in [-0.25, -0.2) is 9.97 Å². The highest BCUT2D eigenvalue weighted by Gasteiger charge is 2.20. The van der Waals surface area contributed by atoms with Crippen molar-refractivity contribution in [2.75, 3.05) is 36.5 Å². The van der Waals surface area contributed by atoms with Gasteiger partial charge in [-0.3, -0.25) is 4.79 Å². The van der Waals surface area contributed by atoms with E-state index in [0.29, 0.717) is 5.82 Å². The third kappa shape index (κ3) is 5.09. The number of aromatic nitrogens is 2. The highest BCUT2D eigenvalue weighted by Crippen LogP contribution is 2.37. The zero-order chi connectivity index (χ0) is 23.5. The lowest BCUT2D eigenvalue weighted by molar-refractivity contribution is -0.115. The number of aryl methyl sites for hydroxylation is 1. The van der Waals surface area contributed by atoms with Gasteiger partial charge in [0.2, 0.25) is 5.91 Å². The van der Waals surface area contributed by atoms with Crippen molar-refractivity contribution < 1.29 is 9.53 Å². The predicted octanol–water partition coefficient (Wildman–Crippen LogP) is 5.62. The number of carbonyl (C=O) groups is 1. The van der Waals surface area contributed by atoms with Crippen molar-refractivity contribution in [3.05, 3.63) is 66.5 Å². The number of morpholine rings is 1. The van der Waals surface area contributed by atoms with E-state index in [1.165, 1.54) is 11.8 Å². The number of rotatable bonds is 6. The second kappa shape index (κ2) is 10.1. The van der Waals surface area contributed by atoms with Gasteiger partial charge in [0.1, 0.15) is 15.7 Å². The van der Waals surface area contributed by atoms with Crippen LogP contribution in [0.2, 0.25) is 0 Å². The van der Waals surface area contributed by atoms with E-state index in [2.05, 4.69) is 38.4 Å². The first-order chi connectivity index (χ1) is 16.6. The summed E-state index contributed by atoms with van der Waals surface area (Å²) >= 11 is 3.12. The highest BCUT2D eigenvalue weighted by atomic mass is 32.2. The molecule has 4 aromatic rings. The Morgan fingerprint density at radius 3 is 2.56 bits per heavy atom. The number of hydrogen-bond donors (Lipinski definition) is 1. The van der Waals surface area contributed by atoms with Gasteiger partial charge < -0.3 is 15.0 Å². The normalized spacial score (nSPS) is 14.8. The van der Waals surface area contributed by atoms with Gasteiger partial charge in [0, 0.05) is 34.7 Å². The van der Waals surface area contributed by atoms with Crippen molar-refractivity contribution in [3.63, 3.8) is 0 Å². The van der Waals surface area contributed by atoms with Crippen LogP contribution < -0.4 is 10.2 Å². The Morgan fingerprint density at radius 1 is 1.09 bits per heavy atom. The molecular formula is C26H26N4O2S2. The molecule has 1 unspecified atom stereocenters.